The zero-order chi connectivity index (χ0) is 25.1. The normalized spacial score (nSPS) is 10.9. The predicted molar refractivity (Wildman–Crippen MR) is 142 cm³/mol. The van der Waals surface area contributed by atoms with Crippen LogP contribution in [0.1, 0.15) is 15.9 Å². The average molecular weight is 499 g/mol. The number of halogens is 1. The van der Waals surface area contributed by atoms with E-state index < -0.39 is 5.97 Å². The molecule has 0 amide bonds. The molecule has 180 valence electrons. The van der Waals surface area contributed by atoms with Gasteiger partial charge >= 0.3 is 5.97 Å². The number of esters is 1. The minimum Gasteiger partial charge on any atom is -0.465 e. The van der Waals surface area contributed by atoms with Crippen molar-refractivity contribution in [1.82, 2.24) is 14.5 Å². The molecule has 0 fully saturated rings. The Kier molecular flexibility index (Phi) is 6.56. The molecule has 0 aliphatic heterocycles. The predicted octanol–water partition coefficient (Wildman–Crippen LogP) is 5.48. The van der Waals surface area contributed by atoms with Crippen LogP contribution >= 0.6 is 11.6 Å². The smallest absolute Gasteiger partial charge is 0.337 e. The van der Waals surface area contributed by atoms with E-state index in [0.717, 1.165) is 16.5 Å². The van der Waals surface area contributed by atoms with Gasteiger partial charge in [-0.1, -0.05) is 60.1 Å². The molecule has 2 N–H and O–H groups in total. The lowest BCUT2D eigenvalue weighted by Crippen LogP contribution is -2.26. The Balaban J connectivity index is 1.51. The maximum atomic E-state index is 13.6. The Morgan fingerprint density at radius 1 is 1.03 bits per heavy atom. The molecule has 3 aromatic carbocycles. The van der Waals surface area contributed by atoms with Gasteiger partial charge in [-0.25, -0.2) is 9.78 Å². The van der Waals surface area contributed by atoms with Crippen molar-refractivity contribution in [2.24, 2.45) is 0 Å². The van der Waals surface area contributed by atoms with Crippen molar-refractivity contribution in [3.63, 3.8) is 0 Å². The van der Waals surface area contributed by atoms with Gasteiger partial charge in [0.2, 0.25) is 0 Å². The number of carbonyl (C=O) groups is 1. The zero-order valence-corrected chi connectivity index (χ0v) is 20.3. The molecule has 0 saturated carbocycles. The Hall–Kier alpha value is -4.36. The van der Waals surface area contributed by atoms with Crippen molar-refractivity contribution in [3.8, 4) is 16.9 Å². The summed E-state index contributed by atoms with van der Waals surface area (Å²) in [6, 6.07) is 24.0. The number of aromatic amines is 1. The van der Waals surface area contributed by atoms with Gasteiger partial charge in [0.15, 0.2) is 11.0 Å². The van der Waals surface area contributed by atoms with Crippen molar-refractivity contribution in [1.29, 1.82) is 0 Å². The number of ether oxygens (including phenoxy) is 1. The third kappa shape index (κ3) is 4.48. The fourth-order valence-corrected chi connectivity index (χ4v) is 4.50. The molecule has 0 aliphatic rings. The fraction of sp³-hybridized carbons (Fsp3) is 0.107. The summed E-state index contributed by atoms with van der Waals surface area (Å²) in [6.07, 6.45) is 2.68. The molecule has 0 radical (unpaired) electrons. The quantitative estimate of drug-likeness (QED) is 0.290. The van der Waals surface area contributed by atoms with Gasteiger partial charge < -0.3 is 15.0 Å². The van der Waals surface area contributed by atoms with Crippen molar-refractivity contribution >= 4 is 34.3 Å². The molecule has 0 unspecified atom stereocenters. The van der Waals surface area contributed by atoms with Gasteiger partial charge in [-0.2, -0.15) is 0 Å². The van der Waals surface area contributed by atoms with E-state index in [-0.39, 0.29) is 16.5 Å². The summed E-state index contributed by atoms with van der Waals surface area (Å²) in [5.74, 6) is -0.278. The van der Waals surface area contributed by atoms with E-state index >= 15 is 0 Å². The van der Waals surface area contributed by atoms with Gasteiger partial charge in [0, 0.05) is 34.9 Å². The molecule has 0 bridgehead atoms. The van der Waals surface area contributed by atoms with E-state index in [9.17, 15) is 9.59 Å². The number of nitrogens with zero attached hydrogens (tertiary/aromatic N) is 2. The topological polar surface area (TPSA) is 89.0 Å². The van der Waals surface area contributed by atoms with Crippen LogP contribution < -0.4 is 10.9 Å². The van der Waals surface area contributed by atoms with Crippen molar-refractivity contribution in [2.45, 2.75) is 6.42 Å². The number of H-pyrrole nitrogens is 1. The van der Waals surface area contributed by atoms with E-state index in [1.807, 2.05) is 54.7 Å². The Bertz CT molecular complexity index is 1590. The number of hydrogen-bond acceptors (Lipinski definition) is 5. The Morgan fingerprint density at radius 3 is 2.50 bits per heavy atom. The highest BCUT2D eigenvalue weighted by atomic mass is 35.5. The summed E-state index contributed by atoms with van der Waals surface area (Å²) in [5, 5.41) is 4.49. The summed E-state index contributed by atoms with van der Waals surface area (Å²) in [6.45, 7) is 0.502. The standard InChI is InChI=1S/C28H23ClN4O3/c1-36-28(35)19-13-11-18(12-14-19)24-25(29)32-26(27(34)33(24)21-7-3-2-4-8-21)30-16-15-20-17-31-23-10-6-5-9-22(20)23/h2-14,17,31H,15-16H2,1H3,(H,30,32). The van der Waals surface area contributed by atoms with Crippen LogP contribution in [0.4, 0.5) is 5.82 Å². The number of nitrogens with one attached hydrogen (secondary N) is 2. The molecule has 5 rings (SSSR count). The Labute approximate surface area is 212 Å². The molecule has 0 saturated heterocycles. The first-order valence-electron chi connectivity index (χ1n) is 11.4. The molecule has 36 heavy (non-hydrogen) atoms. The first-order valence-corrected chi connectivity index (χ1v) is 11.8. The molecular formula is C28H23ClN4O3. The lowest BCUT2D eigenvalue weighted by atomic mass is 10.1. The number of anilines is 1. The molecule has 0 spiro atoms. The summed E-state index contributed by atoms with van der Waals surface area (Å²) < 4.78 is 6.32. The third-order valence-corrected chi connectivity index (χ3v) is 6.25. The summed E-state index contributed by atoms with van der Waals surface area (Å²) >= 11 is 6.67. The second-order valence-corrected chi connectivity index (χ2v) is 8.54. The summed E-state index contributed by atoms with van der Waals surface area (Å²) in [5.41, 5.74) is 4.03. The highest BCUT2D eigenvalue weighted by molar-refractivity contribution is 6.32. The average Bonchev–Trinajstić information content (AvgIpc) is 3.33. The van der Waals surface area contributed by atoms with Gasteiger partial charge in [0.1, 0.15) is 0 Å². The van der Waals surface area contributed by atoms with Crippen LogP contribution in [0.3, 0.4) is 0 Å². The number of benzene rings is 3. The first-order chi connectivity index (χ1) is 17.6. The zero-order valence-electron chi connectivity index (χ0n) is 19.5. The lowest BCUT2D eigenvalue weighted by molar-refractivity contribution is 0.0600. The van der Waals surface area contributed by atoms with Gasteiger partial charge in [-0.3, -0.25) is 9.36 Å². The molecule has 0 aliphatic carbocycles. The number of aromatic nitrogens is 3. The largest absolute Gasteiger partial charge is 0.465 e. The maximum Gasteiger partial charge on any atom is 0.337 e. The number of hydrogen-bond donors (Lipinski definition) is 2. The molecule has 8 heteroatoms. The molecule has 0 atom stereocenters. The van der Waals surface area contributed by atoms with Crippen LogP contribution in [0, 0.1) is 0 Å². The molecular weight excluding hydrogens is 476 g/mol. The van der Waals surface area contributed by atoms with Crippen LogP contribution in [0.25, 0.3) is 27.8 Å². The van der Waals surface area contributed by atoms with E-state index in [2.05, 4.69) is 21.4 Å². The van der Waals surface area contributed by atoms with Crippen molar-refractivity contribution in [2.75, 3.05) is 19.0 Å². The van der Waals surface area contributed by atoms with Gasteiger partial charge in [-0.15, -0.1) is 0 Å². The van der Waals surface area contributed by atoms with E-state index in [4.69, 9.17) is 16.3 Å². The van der Waals surface area contributed by atoms with E-state index in [0.29, 0.717) is 35.5 Å². The van der Waals surface area contributed by atoms with Gasteiger partial charge in [0.05, 0.1) is 18.4 Å². The van der Waals surface area contributed by atoms with Gasteiger partial charge in [0.25, 0.3) is 5.56 Å². The lowest BCUT2D eigenvalue weighted by Gasteiger charge is -2.17. The highest BCUT2D eigenvalue weighted by Crippen LogP contribution is 2.29. The van der Waals surface area contributed by atoms with E-state index in [1.165, 1.54) is 11.7 Å². The van der Waals surface area contributed by atoms with Crippen LogP contribution in [0.5, 0.6) is 0 Å². The summed E-state index contributed by atoms with van der Waals surface area (Å²) in [7, 11) is 1.33. The Morgan fingerprint density at radius 2 is 1.75 bits per heavy atom. The number of methoxy groups -OCH3 is 1. The number of carbonyl (C=O) groups excluding carboxylic acids is 1. The van der Waals surface area contributed by atoms with Crippen LogP contribution in [0.2, 0.25) is 5.15 Å². The second kappa shape index (κ2) is 10.1. The van der Waals surface area contributed by atoms with Crippen LogP contribution in [-0.2, 0) is 11.2 Å². The fourth-order valence-electron chi connectivity index (χ4n) is 4.22. The highest BCUT2D eigenvalue weighted by Gasteiger charge is 2.19. The maximum absolute atomic E-state index is 13.6. The van der Waals surface area contributed by atoms with Crippen LogP contribution in [0.15, 0.2) is 89.9 Å². The third-order valence-electron chi connectivity index (χ3n) is 5.99. The van der Waals surface area contributed by atoms with E-state index in [1.54, 1.807) is 24.3 Å². The van der Waals surface area contributed by atoms with Gasteiger partial charge in [-0.05, 0) is 42.3 Å². The summed E-state index contributed by atoms with van der Waals surface area (Å²) in [4.78, 5) is 33.2. The number of fused-ring (bicyclic) bond motifs is 1. The first kappa shape index (κ1) is 23.4. The molecule has 7 nitrogen and oxygen atoms in total. The molecule has 2 heterocycles. The number of rotatable bonds is 7. The molecule has 2 aromatic heterocycles. The minimum atomic E-state index is -0.444. The SMILES string of the molecule is COC(=O)c1ccc(-c2c(Cl)nc(NCCc3c[nH]c4ccccc34)c(=O)n2-c2ccccc2)cc1. The van der Waals surface area contributed by atoms with Crippen LogP contribution in [-0.4, -0.2) is 34.2 Å². The number of para-hydroxylation sites is 2. The minimum absolute atomic E-state index is 0.165. The monoisotopic (exact) mass is 498 g/mol. The second-order valence-electron chi connectivity index (χ2n) is 8.18. The van der Waals surface area contributed by atoms with Crippen molar-refractivity contribution < 1.29 is 9.53 Å². The van der Waals surface area contributed by atoms with Crippen molar-refractivity contribution in [3.05, 3.63) is 112 Å². The molecule has 5 aromatic rings.